The van der Waals surface area contributed by atoms with Gasteiger partial charge in [0.2, 0.25) is 0 Å². The average molecular weight is 649 g/mol. The Balaban J connectivity index is 1.39. The van der Waals surface area contributed by atoms with Gasteiger partial charge in [0.25, 0.3) is 5.91 Å². The highest BCUT2D eigenvalue weighted by Crippen LogP contribution is 2.47. The molecular formula is C34H31F7N2O3. The van der Waals surface area contributed by atoms with Crippen molar-refractivity contribution in [2.45, 2.75) is 69.1 Å². The molecule has 244 valence electrons. The van der Waals surface area contributed by atoms with Crippen molar-refractivity contribution in [2.24, 2.45) is 10.9 Å². The number of Topliss-reactive ketones (excluding diaryl/α,β-unsaturated/α-hetero) is 1. The molecule has 1 aliphatic heterocycles. The summed E-state index contributed by atoms with van der Waals surface area (Å²) in [4.78, 5) is 30.2. The molecule has 5 atom stereocenters. The van der Waals surface area contributed by atoms with E-state index in [4.69, 9.17) is 4.74 Å². The first-order valence-electron chi connectivity index (χ1n) is 14.7. The van der Waals surface area contributed by atoms with E-state index in [1.54, 1.807) is 49.4 Å². The zero-order chi connectivity index (χ0) is 33.4. The van der Waals surface area contributed by atoms with Gasteiger partial charge in [-0.1, -0.05) is 42.5 Å². The van der Waals surface area contributed by atoms with Crippen LogP contribution in [0.25, 0.3) is 0 Å². The van der Waals surface area contributed by atoms with Crippen LogP contribution in [0, 0.1) is 11.7 Å². The average Bonchev–Trinajstić information content (AvgIpc) is 3.55. The number of halogens is 7. The van der Waals surface area contributed by atoms with Crippen LogP contribution >= 0.6 is 0 Å². The Morgan fingerprint density at radius 2 is 1.57 bits per heavy atom. The van der Waals surface area contributed by atoms with Crippen LogP contribution in [0.3, 0.4) is 0 Å². The zero-order valence-corrected chi connectivity index (χ0v) is 24.9. The molecule has 12 heteroatoms. The normalized spacial score (nSPS) is 24.2. The molecule has 1 amide bonds. The molecule has 2 aliphatic rings. The molecule has 0 spiro atoms. The summed E-state index contributed by atoms with van der Waals surface area (Å²) in [5.41, 5.74) is -2.72. The summed E-state index contributed by atoms with van der Waals surface area (Å²) in [6, 6.07) is 15.5. The topological polar surface area (TPSA) is 67.8 Å². The molecule has 5 nitrogen and oxygen atoms in total. The van der Waals surface area contributed by atoms with Gasteiger partial charge < -0.3 is 4.74 Å². The van der Waals surface area contributed by atoms with Gasteiger partial charge in [-0.3, -0.25) is 14.9 Å². The second-order valence-electron chi connectivity index (χ2n) is 12.0. The second kappa shape index (κ2) is 12.7. The first-order valence-corrected chi connectivity index (χ1v) is 14.7. The first-order chi connectivity index (χ1) is 21.5. The van der Waals surface area contributed by atoms with E-state index >= 15 is 0 Å². The number of hydrogen-bond acceptors (Lipinski definition) is 4. The molecule has 1 fully saturated rings. The fourth-order valence-corrected chi connectivity index (χ4v) is 6.26. The van der Waals surface area contributed by atoms with Gasteiger partial charge in [0.05, 0.1) is 29.9 Å². The summed E-state index contributed by atoms with van der Waals surface area (Å²) in [5, 5.41) is 3.04. The molecule has 0 aromatic heterocycles. The van der Waals surface area contributed by atoms with Gasteiger partial charge >= 0.3 is 12.4 Å². The maximum atomic E-state index is 13.9. The minimum atomic E-state index is -5.01. The number of carbonyl (C=O) groups is 2. The third-order valence-electron chi connectivity index (χ3n) is 8.72. The van der Waals surface area contributed by atoms with Gasteiger partial charge in [0.1, 0.15) is 11.4 Å². The predicted octanol–water partition coefficient (Wildman–Crippen LogP) is 8.11. The lowest BCUT2D eigenvalue weighted by atomic mass is 9.81. The largest absolute Gasteiger partial charge is 0.416 e. The van der Waals surface area contributed by atoms with Crippen LogP contribution in [-0.4, -0.2) is 35.6 Å². The van der Waals surface area contributed by atoms with Gasteiger partial charge in [0, 0.05) is 29.5 Å². The van der Waals surface area contributed by atoms with Crippen LogP contribution in [0.5, 0.6) is 0 Å². The highest BCUT2D eigenvalue weighted by Gasteiger charge is 2.48. The van der Waals surface area contributed by atoms with Crippen molar-refractivity contribution >= 4 is 17.4 Å². The molecular weight excluding hydrogens is 617 g/mol. The third kappa shape index (κ3) is 7.23. The standard InChI is InChI=1S/C34H31F7N2O3/c1-19(22-14-23(33(36,37)38)16-24(15-22)34(39,40)41)46-29-13-12-26(30(29)21-8-10-25(35)11-9-21)27-17-32(2,31(45)43-27)42-18-28(44)20-6-4-3-5-7-20/h3-11,14-16,19,26,29-30,42H,12-13,17-18H2,1-2H3/t19-,26-,29?,30+,32-/m1/s1. The number of alkyl halides is 6. The van der Waals surface area contributed by atoms with Crippen LogP contribution in [0.15, 0.2) is 77.8 Å². The smallest absolute Gasteiger partial charge is 0.370 e. The lowest BCUT2D eigenvalue weighted by molar-refractivity contribution is -0.143. The van der Waals surface area contributed by atoms with Crippen LogP contribution in [-0.2, 0) is 21.9 Å². The SMILES string of the molecule is C[C@@H](OC1CC[C@H](C2=NC(=O)[C@](C)(NCC(=O)c3ccccc3)C2)[C@@H]1c1ccc(F)cc1)c1cc(C(F)(F)F)cc(C(F)(F)F)c1. The molecule has 1 heterocycles. The lowest BCUT2D eigenvalue weighted by Crippen LogP contribution is -2.49. The molecule has 1 unspecified atom stereocenters. The van der Waals surface area contributed by atoms with E-state index in [1.807, 2.05) is 0 Å². The van der Waals surface area contributed by atoms with Gasteiger partial charge in [-0.2, -0.15) is 26.3 Å². The number of nitrogens with one attached hydrogen (secondary N) is 1. The molecule has 0 saturated heterocycles. The van der Waals surface area contributed by atoms with Crippen LogP contribution in [0.4, 0.5) is 30.7 Å². The highest BCUT2D eigenvalue weighted by atomic mass is 19.4. The Kier molecular flexibility index (Phi) is 9.25. The minimum Gasteiger partial charge on any atom is -0.370 e. The van der Waals surface area contributed by atoms with E-state index in [-0.39, 0.29) is 30.4 Å². The lowest BCUT2D eigenvalue weighted by Gasteiger charge is -2.29. The number of ether oxygens (including phenoxy) is 1. The molecule has 5 rings (SSSR count). The molecule has 1 saturated carbocycles. The predicted molar refractivity (Wildman–Crippen MR) is 156 cm³/mol. The third-order valence-corrected chi connectivity index (χ3v) is 8.72. The Hall–Kier alpha value is -3.90. The number of benzene rings is 3. The quantitative estimate of drug-likeness (QED) is 0.188. The number of rotatable bonds is 9. The number of aliphatic imine (C=N–C) groups is 1. The van der Waals surface area contributed by atoms with Crippen molar-refractivity contribution in [1.82, 2.24) is 5.32 Å². The number of ketones is 1. The Labute approximate surface area is 260 Å². The molecule has 3 aromatic carbocycles. The van der Waals surface area contributed by atoms with E-state index in [0.717, 1.165) is 0 Å². The van der Waals surface area contributed by atoms with Crippen molar-refractivity contribution in [3.8, 4) is 0 Å². The fraction of sp³-hybridized carbons (Fsp3) is 0.382. The van der Waals surface area contributed by atoms with E-state index in [9.17, 15) is 40.3 Å². The van der Waals surface area contributed by atoms with Crippen LogP contribution in [0.2, 0.25) is 0 Å². The van der Waals surface area contributed by atoms with E-state index in [2.05, 4.69) is 10.3 Å². The molecule has 46 heavy (non-hydrogen) atoms. The maximum absolute atomic E-state index is 13.9. The first kappa shape index (κ1) is 33.5. The highest BCUT2D eigenvalue weighted by molar-refractivity contribution is 6.09. The Morgan fingerprint density at radius 1 is 0.957 bits per heavy atom. The summed E-state index contributed by atoms with van der Waals surface area (Å²) in [6.07, 6.45) is -10.9. The molecule has 1 aliphatic carbocycles. The summed E-state index contributed by atoms with van der Waals surface area (Å²) >= 11 is 0. The molecule has 0 bridgehead atoms. The fourth-order valence-electron chi connectivity index (χ4n) is 6.26. The van der Waals surface area contributed by atoms with Gasteiger partial charge in [-0.25, -0.2) is 9.38 Å². The van der Waals surface area contributed by atoms with E-state index in [1.165, 1.54) is 19.1 Å². The minimum absolute atomic E-state index is 0.0663. The summed E-state index contributed by atoms with van der Waals surface area (Å²) in [5.74, 6) is -2.11. The Morgan fingerprint density at radius 3 is 2.15 bits per heavy atom. The Bertz CT molecular complexity index is 1590. The van der Waals surface area contributed by atoms with E-state index < -0.39 is 64.8 Å². The van der Waals surface area contributed by atoms with Gasteiger partial charge in [-0.05, 0) is 68.1 Å². The van der Waals surface area contributed by atoms with Gasteiger partial charge in [0.15, 0.2) is 5.78 Å². The summed E-state index contributed by atoms with van der Waals surface area (Å²) in [7, 11) is 0. The second-order valence-corrected chi connectivity index (χ2v) is 12.0. The number of carbonyl (C=O) groups excluding carboxylic acids is 2. The van der Waals surface area contributed by atoms with Crippen molar-refractivity contribution in [3.63, 3.8) is 0 Å². The maximum Gasteiger partial charge on any atom is 0.416 e. The number of hydrogen-bond donors (Lipinski definition) is 1. The van der Waals surface area contributed by atoms with E-state index in [0.29, 0.717) is 41.8 Å². The van der Waals surface area contributed by atoms with Crippen LogP contribution < -0.4 is 5.32 Å². The molecule has 3 aromatic rings. The van der Waals surface area contributed by atoms with Crippen LogP contribution in [0.1, 0.15) is 77.7 Å². The summed E-state index contributed by atoms with van der Waals surface area (Å²) < 4.78 is 101. The number of amides is 1. The monoisotopic (exact) mass is 648 g/mol. The van der Waals surface area contributed by atoms with Crippen molar-refractivity contribution in [1.29, 1.82) is 0 Å². The zero-order valence-electron chi connectivity index (χ0n) is 24.9. The number of nitrogens with zero attached hydrogens (tertiary/aromatic N) is 1. The summed E-state index contributed by atoms with van der Waals surface area (Å²) in [6.45, 7) is 2.92. The molecule has 1 N–H and O–H groups in total. The van der Waals surface area contributed by atoms with Crippen molar-refractivity contribution in [3.05, 3.63) is 106 Å². The molecule has 0 radical (unpaired) electrons. The van der Waals surface area contributed by atoms with Crippen molar-refractivity contribution in [2.75, 3.05) is 6.54 Å². The van der Waals surface area contributed by atoms with Gasteiger partial charge in [-0.15, -0.1) is 0 Å². The van der Waals surface area contributed by atoms with Crippen molar-refractivity contribution < 1.29 is 45.1 Å².